The van der Waals surface area contributed by atoms with Crippen LogP contribution in [0.5, 0.6) is 0 Å². The van der Waals surface area contributed by atoms with Crippen molar-refractivity contribution in [2.24, 2.45) is 0 Å². The van der Waals surface area contributed by atoms with Crippen molar-refractivity contribution < 1.29 is 22.8 Å². The number of anilines is 2. The lowest BCUT2D eigenvalue weighted by Gasteiger charge is -2.49. The quantitative estimate of drug-likeness (QED) is 0.555. The Balaban J connectivity index is 1.92. The highest BCUT2D eigenvalue weighted by atomic mass is 19.4. The van der Waals surface area contributed by atoms with Gasteiger partial charge in [-0.05, 0) is 38.5 Å². The van der Waals surface area contributed by atoms with Crippen LogP contribution in [0.15, 0.2) is 30.6 Å². The molecule has 1 unspecified atom stereocenters. The number of alkyl halides is 3. The van der Waals surface area contributed by atoms with E-state index in [1.54, 1.807) is 20.8 Å². The van der Waals surface area contributed by atoms with Crippen LogP contribution >= 0.6 is 0 Å². The van der Waals surface area contributed by atoms with Crippen LogP contribution in [0.25, 0.3) is 21.6 Å². The van der Waals surface area contributed by atoms with E-state index in [-0.39, 0.29) is 40.9 Å². The van der Waals surface area contributed by atoms with Crippen LogP contribution < -0.4 is 10.6 Å². The predicted octanol–water partition coefficient (Wildman–Crippen LogP) is 3.91. The maximum Gasteiger partial charge on any atom is 0.418 e. The zero-order chi connectivity index (χ0) is 25.9. The molecule has 2 amide bonds. The summed E-state index contributed by atoms with van der Waals surface area (Å²) < 4.78 is 42.3. The summed E-state index contributed by atoms with van der Waals surface area (Å²) in [6.07, 6.45) is -3.66. The Morgan fingerprint density at radius 1 is 1.29 bits per heavy atom. The number of hydrogen-bond donors (Lipinski definition) is 1. The number of halogens is 3. The van der Waals surface area contributed by atoms with Gasteiger partial charge >= 0.3 is 6.18 Å². The third-order valence-corrected chi connectivity index (χ3v) is 6.22. The molecule has 0 aliphatic carbocycles. The highest BCUT2D eigenvalue weighted by Crippen LogP contribution is 2.42. The predicted molar refractivity (Wildman–Crippen MR) is 123 cm³/mol. The first kappa shape index (κ1) is 24.0. The first-order valence-electron chi connectivity index (χ1n) is 10.6. The van der Waals surface area contributed by atoms with Crippen molar-refractivity contribution in [3.05, 3.63) is 47.6 Å². The number of aromatic nitrogens is 3. The van der Waals surface area contributed by atoms with Crippen molar-refractivity contribution in [2.75, 3.05) is 17.2 Å². The second-order valence-corrected chi connectivity index (χ2v) is 8.87. The largest absolute Gasteiger partial charge is 0.418 e. The fourth-order valence-electron chi connectivity index (χ4n) is 4.51. The molecule has 3 aromatic rings. The summed E-state index contributed by atoms with van der Waals surface area (Å²) in [6, 6.07) is 4.85. The Labute approximate surface area is 198 Å². The molecule has 0 spiro atoms. The molecule has 1 fully saturated rings. The molecule has 0 saturated carbocycles. The van der Waals surface area contributed by atoms with Gasteiger partial charge in [-0.3, -0.25) is 9.59 Å². The molecule has 12 heteroatoms. The molecule has 9 nitrogen and oxygen atoms in total. The van der Waals surface area contributed by atoms with Crippen LogP contribution in [0.4, 0.5) is 30.4 Å². The van der Waals surface area contributed by atoms with Gasteiger partial charge in [-0.2, -0.15) is 18.3 Å². The van der Waals surface area contributed by atoms with E-state index in [1.165, 1.54) is 34.9 Å². The SMILES string of the molecule is [C-]#[N+]c1ccc(-c2cc(C(F)(F)F)c3c(N)ncnn23)cc1N1C(=O)C(C)(C)N(C(C)=O)CC1C. The van der Waals surface area contributed by atoms with Gasteiger partial charge in [0.25, 0.3) is 5.91 Å². The van der Waals surface area contributed by atoms with Crippen LogP contribution in [-0.4, -0.2) is 49.4 Å². The minimum absolute atomic E-state index is 0.0703. The highest BCUT2D eigenvalue weighted by Gasteiger charge is 2.47. The summed E-state index contributed by atoms with van der Waals surface area (Å²) in [4.78, 5) is 35.8. The molecular formula is C23H22F3N7O2. The molecule has 1 aromatic carbocycles. The van der Waals surface area contributed by atoms with Crippen LogP contribution in [-0.2, 0) is 15.8 Å². The topological polar surface area (TPSA) is 101 Å². The van der Waals surface area contributed by atoms with Crippen molar-refractivity contribution in [1.82, 2.24) is 19.5 Å². The molecule has 1 saturated heterocycles. The van der Waals surface area contributed by atoms with E-state index >= 15 is 0 Å². The molecule has 2 N–H and O–H groups in total. The minimum atomic E-state index is -4.71. The van der Waals surface area contributed by atoms with Gasteiger partial charge in [-0.15, -0.1) is 0 Å². The highest BCUT2D eigenvalue weighted by molar-refractivity contribution is 6.06. The van der Waals surface area contributed by atoms with Gasteiger partial charge in [-0.1, -0.05) is 12.1 Å². The van der Waals surface area contributed by atoms with Gasteiger partial charge in [0.2, 0.25) is 11.6 Å². The number of piperazine rings is 1. The summed E-state index contributed by atoms with van der Waals surface area (Å²) in [5.74, 6) is -0.996. The number of amides is 2. The maximum atomic E-state index is 13.8. The summed E-state index contributed by atoms with van der Waals surface area (Å²) in [6.45, 7) is 14.2. The number of fused-ring (bicyclic) bond motifs is 1. The number of nitrogen functional groups attached to an aromatic ring is 1. The second kappa shape index (κ2) is 7.97. The molecule has 3 heterocycles. The first-order valence-corrected chi connectivity index (χ1v) is 10.6. The monoisotopic (exact) mass is 485 g/mol. The van der Waals surface area contributed by atoms with E-state index in [9.17, 15) is 22.8 Å². The Morgan fingerprint density at radius 3 is 2.57 bits per heavy atom. The lowest BCUT2D eigenvalue weighted by molar-refractivity contribution is -0.146. The Morgan fingerprint density at radius 2 is 1.97 bits per heavy atom. The fraction of sp³-hybridized carbons (Fsp3) is 0.348. The number of carbonyl (C=O) groups is 2. The van der Waals surface area contributed by atoms with Crippen LogP contribution in [0.3, 0.4) is 0 Å². The molecule has 182 valence electrons. The van der Waals surface area contributed by atoms with Gasteiger partial charge in [0.15, 0.2) is 5.82 Å². The van der Waals surface area contributed by atoms with Gasteiger partial charge in [-0.25, -0.2) is 14.3 Å². The average molecular weight is 485 g/mol. The normalized spacial score (nSPS) is 18.1. The zero-order valence-corrected chi connectivity index (χ0v) is 19.4. The van der Waals surface area contributed by atoms with E-state index in [1.807, 2.05) is 0 Å². The van der Waals surface area contributed by atoms with Crippen molar-refractivity contribution >= 4 is 34.5 Å². The molecule has 1 aliphatic rings. The fourth-order valence-corrected chi connectivity index (χ4v) is 4.51. The van der Waals surface area contributed by atoms with Crippen LogP contribution in [0.1, 0.15) is 33.3 Å². The maximum absolute atomic E-state index is 13.8. The molecule has 2 aromatic heterocycles. The number of carbonyl (C=O) groups excluding carboxylic acids is 2. The molecule has 1 aliphatic heterocycles. The number of nitrogens with zero attached hydrogens (tertiary/aromatic N) is 6. The van der Waals surface area contributed by atoms with E-state index < -0.39 is 29.2 Å². The van der Waals surface area contributed by atoms with E-state index in [2.05, 4.69) is 14.9 Å². The molecule has 0 radical (unpaired) electrons. The van der Waals surface area contributed by atoms with E-state index in [0.717, 1.165) is 16.9 Å². The Bertz CT molecular complexity index is 1400. The zero-order valence-electron chi connectivity index (χ0n) is 19.4. The lowest BCUT2D eigenvalue weighted by atomic mass is 9.93. The molecule has 35 heavy (non-hydrogen) atoms. The molecular weight excluding hydrogens is 463 g/mol. The van der Waals surface area contributed by atoms with Crippen molar-refractivity contribution in [2.45, 2.75) is 45.5 Å². The van der Waals surface area contributed by atoms with Crippen molar-refractivity contribution in [1.29, 1.82) is 0 Å². The summed E-state index contributed by atoms with van der Waals surface area (Å²) in [5, 5.41) is 3.96. The lowest BCUT2D eigenvalue weighted by Crippen LogP contribution is -2.67. The van der Waals surface area contributed by atoms with Crippen molar-refractivity contribution in [3.63, 3.8) is 0 Å². The molecule has 4 rings (SSSR count). The van der Waals surface area contributed by atoms with E-state index in [4.69, 9.17) is 12.3 Å². The third-order valence-electron chi connectivity index (χ3n) is 6.22. The summed E-state index contributed by atoms with van der Waals surface area (Å²) >= 11 is 0. The molecule has 0 bridgehead atoms. The minimum Gasteiger partial charge on any atom is -0.382 e. The second-order valence-electron chi connectivity index (χ2n) is 8.87. The smallest absolute Gasteiger partial charge is 0.382 e. The first-order chi connectivity index (χ1) is 16.3. The summed E-state index contributed by atoms with van der Waals surface area (Å²) in [5.41, 5.74) is 3.93. The summed E-state index contributed by atoms with van der Waals surface area (Å²) in [7, 11) is 0. The van der Waals surface area contributed by atoms with Gasteiger partial charge < -0.3 is 15.5 Å². The van der Waals surface area contributed by atoms with Gasteiger partial charge in [0, 0.05) is 13.5 Å². The molecule has 1 atom stereocenters. The van der Waals surface area contributed by atoms with Gasteiger partial charge in [0.1, 0.15) is 17.4 Å². The number of rotatable bonds is 2. The number of benzene rings is 1. The average Bonchev–Trinajstić information content (AvgIpc) is 3.18. The van der Waals surface area contributed by atoms with Crippen LogP contribution in [0.2, 0.25) is 0 Å². The number of nitrogens with two attached hydrogens (primary N) is 1. The number of hydrogen-bond acceptors (Lipinski definition) is 5. The van der Waals surface area contributed by atoms with Crippen LogP contribution in [0, 0.1) is 6.57 Å². The Hall–Kier alpha value is -4.14. The third kappa shape index (κ3) is 3.73. The van der Waals surface area contributed by atoms with E-state index in [0.29, 0.717) is 5.56 Å². The van der Waals surface area contributed by atoms with Gasteiger partial charge in [0.05, 0.1) is 29.6 Å². The Kier molecular flexibility index (Phi) is 5.47. The van der Waals surface area contributed by atoms with Crippen molar-refractivity contribution in [3.8, 4) is 11.3 Å². The standard InChI is InChI=1S/C23H22F3N7O2/c1-12-10-31(13(2)34)22(3,4)21(35)32(12)18-8-14(6-7-16(18)28-5)17-9-15(23(24,25)26)19-20(27)29-11-30-33(17)19/h6-9,11-12H,10H2,1-4H3,(H2,27,29,30).